The average molecular weight is 404 g/mol. The van der Waals surface area contributed by atoms with E-state index in [1.807, 2.05) is 11.8 Å². The number of nitrogens with zero attached hydrogens (tertiary/aromatic N) is 1. The monoisotopic (exact) mass is 403 g/mol. The number of amides is 2. The third-order valence-electron chi connectivity index (χ3n) is 5.51. The maximum atomic E-state index is 12.6. The molecule has 2 aliphatic rings. The number of hydrogen-bond donors (Lipinski definition) is 3. The minimum atomic E-state index is -0.922. The second-order valence-electron chi connectivity index (χ2n) is 7.56. The van der Waals surface area contributed by atoms with E-state index < -0.39 is 12.0 Å². The number of carbonyl (C=O) groups excluding carboxylic acids is 2. The number of piperidine rings is 1. The van der Waals surface area contributed by atoms with Crippen molar-refractivity contribution in [3.63, 3.8) is 0 Å². The largest absolute Gasteiger partial charge is 0.480 e. The van der Waals surface area contributed by atoms with E-state index in [-0.39, 0.29) is 36.8 Å². The minimum Gasteiger partial charge on any atom is -0.480 e. The number of hydrogen-bond acceptors (Lipinski definition) is 4. The fourth-order valence-electron chi connectivity index (χ4n) is 3.95. The summed E-state index contributed by atoms with van der Waals surface area (Å²) in [7, 11) is 0. The third kappa shape index (κ3) is 7.66. The number of nitrogens with one attached hydrogen (secondary N) is 2. The third-order valence-corrected chi connectivity index (χ3v) is 5.51. The fourth-order valence-corrected chi connectivity index (χ4v) is 3.95. The van der Waals surface area contributed by atoms with Crippen molar-refractivity contribution in [1.29, 1.82) is 0 Å². The molecule has 3 N–H and O–H groups in total. The van der Waals surface area contributed by atoms with Gasteiger partial charge in [-0.1, -0.05) is 32.6 Å². The van der Waals surface area contributed by atoms with Crippen molar-refractivity contribution in [2.75, 3.05) is 19.6 Å². The van der Waals surface area contributed by atoms with Crippen LogP contribution in [0.5, 0.6) is 0 Å². The summed E-state index contributed by atoms with van der Waals surface area (Å²) in [5, 5.41) is 14.9. The first-order valence-electron chi connectivity index (χ1n) is 10.1. The molecular weight excluding hydrogens is 370 g/mol. The minimum absolute atomic E-state index is 0. The molecule has 8 heteroatoms. The van der Waals surface area contributed by atoms with Crippen LogP contribution in [0.3, 0.4) is 0 Å². The second kappa shape index (κ2) is 12.2. The van der Waals surface area contributed by atoms with Gasteiger partial charge in [0.15, 0.2) is 0 Å². The molecule has 0 aromatic heterocycles. The lowest BCUT2D eigenvalue weighted by Crippen LogP contribution is -2.50. The fraction of sp³-hybridized carbons (Fsp3) is 0.842. The molecule has 1 aliphatic heterocycles. The Bertz CT molecular complexity index is 489. The summed E-state index contributed by atoms with van der Waals surface area (Å²) in [4.78, 5) is 37.7. The molecule has 27 heavy (non-hydrogen) atoms. The smallest absolute Gasteiger partial charge is 0.320 e. The summed E-state index contributed by atoms with van der Waals surface area (Å²) >= 11 is 0. The molecule has 0 radical (unpaired) electrons. The van der Waals surface area contributed by atoms with Gasteiger partial charge < -0.3 is 15.3 Å². The van der Waals surface area contributed by atoms with E-state index >= 15 is 0 Å². The van der Waals surface area contributed by atoms with Crippen molar-refractivity contribution in [3.05, 3.63) is 0 Å². The molecule has 0 aromatic carbocycles. The van der Waals surface area contributed by atoms with Crippen molar-refractivity contribution in [3.8, 4) is 0 Å². The van der Waals surface area contributed by atoms with Gasteiger partial charge in [0.05, 0.1) is 6.54 Å². The lowest BCUT2D eigenvalue weighted by Gasteiger charge is -2.35. The zero-order valence-corrected chi connectivity index (χ0v) is 17.1. The SMILES string of the molecule is CCCC(NCC(=O)NC1CCN(C(=O)C2CCCCC2)CC1)C(=O)O.Cl. The van der Waals surface area contributed by atoms with Gasteiger partial charge in [-0.3, -0.25) is 19.7 Å². The Kier molecular flexibility index (Phi) is 10.7. The van der Waals surface area contributed by atoms with Crippen molar-refractivity contribution < 1.29 is 19.5 Å². The van der Waals surface area contributed by atoms with Gasteiger partial charge in [-0.2, -0.15) is 0 Å². The molecule has 7 nitrogen and oxygen atoms in total. The number of rotatable bonds is 8. The highest BCUT2D eigenvalue weighted by atomic mass is 35.5. The molecule has 2 fully saturated rings. The molecule has 0 spiro atoms. The van der Waals surface area contributed by atoms with Crippen molar-refractivity contribution >= 4 is 30.2 Å². The molecule has 1 saturated heterocycles. The predicted molar refractivity (Wildman–Crippen MR) is 106 cm³/mol. The molecular formula is C19H34ClN3O4. The molecule has 1 atom stereocenters. The summed E-state index contributed by atoms with van der Waals surface area (Å²) in [5.41, 5.74) is 0. The Hall–Kier alpha value is -1.34. The van der Waals surface area contributed by atoms with Crippen LogP contribution < -0.4 is 10.6 Å². The molecule has 1 heterocycles. The topological polar surface area (TPSA) is 98.7 Å². The van der Waals surface area contributed by atoms with E-state index in [2.05, 4.69) is 10.6 Å². The van der Waals surface area contributed by atoms with E-state index in [9.17, 15) is 14.4 Å². The molecule has 0 aromatic rings. The van der Waals surface area contributed by atoms with E-state index in [1.54, 1.807) is 0 Å². The predicted octanol–water partition coefficient (Wildman–Crippen LogP) is 1.94. The molecule has 0 bridgehead atoms. The molecule has 1 aliphatic carbocycles. The summed E-state index contributed by atoms with van der Waals surface area (Å²) in [5.74, 6) is -0.607. The zero-order valence-electron chi connectivity index (χ0n) is 16.2. The van der Waals surface area contributed by atoms with E-state index in [4.69, 9.17) is 5.11 Å². The van der Waals surface area contributed by atoms with Crippen LogP contribution in [-0.4, -0.2) is 59.5 Å². The number of carboxylic acids is 1. The Morgan fingerprint density at radius 1 is 1.07 bits per heavy atom. The Morgan fingerprint density at radius 2 is 1.70 bits per heavy atom. The maximum Gasteiger partial charge on any atom is 0.320 e. The number of carboxylic acid groups (broad SMARTS) is 1. The van der Waals surface area contributed by atoms with Gasteiger partial charge in [0.25, 0.3) is 0 Å². The van der Waals surface area contributed by atoms with Gasteiger partial charge in [0, 0.05) is 25.0 Å². The van der Waals surface area contributed by atoms with Crippen LogP contribution in [0.1, 0.15) is 64.7 Å². The normalized spacial score (nSPS) is 19.8. The number of aliphatic carboxylic acids is 1. The quantitative estimate of drug-likeness (QED) is 0.575. The molecule has 2 amide bonds. The van der Waals surface area contributed by atoms with Crippen LogP contribution in [0, 0.1) is 5.92 Å². The lowest BCUT2D eigenvalue weighted by atomic mass is 9.87. The first kappa shape index (κ1) is 23.7. The van der Waals surface area contributed by atoms with Crippen LogP contribution in [-0.2, 0) is 14.4 Å². The van der Waals surface area contributed by atoms with Crippen LogP contribution in [0.2, 0.25) is 0 Å². The first-order chi connectivity index (χ1) is 12.5. The van der Waals surface area contributed by atoms with E-state index in [0.29, 0.717) is 25.4 Å². The Balaban J connectivity index is 0.00000364. The molecule has 2 rings (SSSR count). The van der Waals surface area contributed by atoms with E-state index in [1.165, 1.54) is 6.42 Å². The van der Waals surface area contributed by atoms with Crippen LogP contribution in [0.15, 0.2) is 0 Å². The summed E-state index contributed by atoms with van der Waals surface area (Å²) in [6, 6.07) is -0.616. The molecule has 1 saturated carbocycles. The van der Waals surface area contributed by atoms with Crippen LogP contribution in [0.25, 0.3) is 0 Å². The van der Waals surface area contributed by atoms with Crippen LogP contribution >= 0.6 is 12.4 Å². The maximum absolute atomic E-state index is 12.6. The molecule has 156 valence electrons. The van der Waals surface area contributed by atoms with E-state index in [0.717, 1.165) is 44.9 Å². The van der Waals surface area contributed by atoms with Gasteiger partial charge in [0.1, 0.15) is 6.04 Å². The Labute approximate surface area is 168 Å². The van der Waals surface area contributed by atoms with Gasteiger partial charge in [-0.25, -0.2) is 0 Å². The summed E-state index contributed by atoms with van der Waals surface area (Å²) in [6.45, 7) is 3.32. The summed E-state index contributed by atoms with van der Waals surface area (Å²) in [6.07, 6.45) is 8.38. The van der Waals surface area contributed by atoms with Gasteiger partial charge in [-0.15, -0.1) is 12.4 Å². The van der Waals surface area contributed by atoms with Crippen molar-refractivity contribution in [2.24, 2.45) is 5.92 Å². The standard InChI is InChI=1S/C19H33N3O4.ClH/c1-2-6-16(19(25)26)20-13-17(23)21-15-9-11-22(12-10-15)18(24)14-7-4-3-5-8-14;/h14-16,20H,2-13H2,1H3,(H,21,23)(H,25,26);1H. The van der Waals surface area contributed by atoms with Crippen LogP contribution in [0.4, 0.5) is 0 Å². The second-order valence-corrected chi connectivity index (χ2v) is 7.56. The number of halogens is 1. The highest BCUT2D eigenvalue weighted by Gasteiger charge is 2.29. The number of carbonyl (C=O) groups is 3. The highest BCUT2D eigenvalue weighted by molar-refractivity contribution is 5.85. The highest BCUT2D eigenvalue weighted by Crippen LogP contribution is 2.26. The van der Waals surface area contributed by atoms with Crippen molar-refractivity contribution in [1.82, 2.24) is 15.5 Å². The molecule has 1 unspecified atom stereocenters. The summed E-state index contributed by atoms with van der Waals surface area (Å²) < 4.78 is 0. The zero-order chi connectivity index (χ0) is 18.9. The number of likely N-dealkylation sites (tertiary alicyclic amines) is 1. The van der Waals surface area contributed by atoms with Gasteiger partial charge >= 0.3 is 5.97 Å². The first-order valence-corrected chi connectivity index (χ1v) is 10.1. The van der Waals surface area contributed by atoms with Gasteiger partial charge in [-0.05, 0) is 32.1 Å². The van der Waals surface area contributed by atoms with Gasteiger partial charge in [0.2, 0.25) is 11.8 Å². The Morgan fingerprint density at radius 3 is 2.26 bits per heavy atom. The van der Waals surface area contributed by atoms with Crippen molar-refractivity contribution in [2.45, 2.75) is 76.8 Å². The average Bonchev–Trinajstić information content (AvgIpc) is 2.65. The lowest BCUT2D eigenvalue weighted by molar-refractivity contribution is -0.140.